The molecule has 0 radical (unpaired) electrons. The van der Waals surface area contributed by atoms with Gasteiger partial charge < -0.3 is 0 Å². The van der Waals surface area contributed by atoms with Gasteiger partial charge in [-0.1, -0.05) is 51.4 Å². The molecule has 92 valence electrons. The van der Waals surface area contributed by atoms with Crippen LogP contribution in [0.4, 0.5) is 0 Å². The summed E-state index contributed by atoms with van der Waals surface area (Å²) in [6.45, 7) is 0. The van der Waals surface area contributed by atoms with E-state index in [1.165, 1.54) is 64.2 Å². The molecule has 0 N–H and O–H groups in total. The van der Waals surface area contributed by atoms with E-state index in [0.29, 0.717) is 11.7 Å². The van der Waals surface area contributed by atoms with Crippen LogP contribution in [0.5, 0.6) is 0 Å². The Morgan fingerprint density at radius 3 is 2.00 bits per heavy atom. The van der Waals surface area contributed by atoms with Gasteiger partial charge in [-0.25, -0.2) is 0 Å². The van der Waals surface area contributed by atoms with E-state index < -0.39 is 0 Å². The molecule has 2 rings (SSSR count). The van der Waals surface area contributed by atoms with Crippen LogP contribution in [0.1, 0.15) is 77.0 Å². The second-order valence-electron chi connectivity index (χ2n) is 5.79. The van der Waals surface area contributed by atoms with Crippen LogP contribution < -0.4 is 0 Å². The highest BCUT2D eigenvalue weighted by atomic mass is 16.1. The van der Waals surface area contributed by atoms with Gasteiger partial charge in [-0.05, 0) is 25.2 Å². The third kappa shape index (κ3) is 3.92. The van der Waals surface area contributed by atoms with E-state index in [9.17, 15) is 4.79 Å². The van der Waals surface area contributed by atoms with Crippen LogP contribution in [0, 0.1) is 11.8 Å². The molecule has 0 amide bonds. The lowest BCUT2D eigenvalue weighted by molar-refractivity contribution is -0.120. The molecule has 0 aromatic heterocycles. The van der Waals surface area contributed by atoms with Crippen LogP contribution in [0.15, 0.2) is 0 Å². The van der Waals surface area contributed by atoms with Crippen molar-refractivity contribution in [2.75, 3.05) is 0 Å². The average molecular weight is 222 g/mol. The highest BCUT2D eigenvalue weighted by Crippen LogP contribution is 2.44. The monoisotopic (exact) mass is 222 g/mol. The Morgan fingerprint density at radius 1 is 0.750 bits per heavy atom. The summed E-state index contributed by atoms with van der Waals surface area (Å²) in [4.78, 5) is 11.8. The van der Waals surface area contributed by atoms with Gasteiger partial charge in [-0.15, -0.1) is 0 Å². The first-order valence-corrected chi connectivity index (χ1v) is 7.40. The fourth-order valence-corrected chi connectivity index (χ4v) is 3.09. The summed E-state index contributed by atoms with van der Waals surface area (Å²) in [5.41, 5.74) is 0. The van der Waals surface area contributed by atoms with Crippen molar-refractivity contribution in [2.45, 2.75) is 77.0 Å². The van der Waals surface area contributed by atoms with Gasteiger partial charge in [0.25, 0.3) is 0 Å². The lowest BCUT2D eigenvalue weighted by atomic mass is 10.0. The van der Waals surface area contributed by atoms with Crippen molar-refractivity contribution in [3.8, 4) is 0 Å². The SMILES string of the molecule is O=C1CCCCCCCCCCC[C@H]2C[C@@H]12. The van der Waals surface area contributed by atoms with Crippen molar-refractivity contribution >= 4 is 5.78 Å². The molecule has 0 aromatic carbocycles. The minimum absolute atomic E-state index is 0.489. The molecule has 0 heterocycles. The van der Waals surface area contributed by atoms with E-state index >= 15 is 0 Å². The molecule has 0 aliphatic heterocycles. The Labute approximate surface area is 100.0 Å². The number of carbonyl (C=O) groups is 1. The summed E-state index contributed by atoms with van der Waals surface area (Å²) in [5, 5.41) is 0. The van der Waals surface area contributed by atoms with E-state index in [2.05, 4.69) is 0 Å². The summed E-state index contributed by atoms with van der Waals surface area (Å²) in [5.74, 6) is 1.86. The highest BCUT2D eigenvalue weighted by Gasteiger charge is 2.40. The Balaban J connectivity index is 1.71. The molecule has 16 heavy (non-hydrogen) atoms. The molecule has 2 atom stereocenters. The molecule has 0 spiro atoms. The Morgan fingerprint density at radius 2 is 1.31 bits per heavy atom. The molecule has 2 aliphatic rings. The molecule has 0 aromatic rings. The topological polar surface area (TPSA) is 17.1 Å². The van der Waals surface area contributed by atoms with Crippen molar-refractivity contribution in [1.29, 1.82) is 0 Å². The van der Waals surface area contributed by atoms with E-state index in [1.54, 1.807) is 0 Å². The quantitative estimate of drug-likeness (QED) is 0.590. The van der Waals surface area contributed by atoms with Crippen molar-refractivity contribution < 1.29 is 4.79 Å². The summed E-state index contributed by atoms with van der Waals surface area (Å²) < 4.78 is 0. The van der Waals surface area contributed by atoms with Gasteiger partial charge >= 0.3 is 0 Å². The van der Waals surface area contributed by atoms with Crippen molar-refractivity contribution in [3.63, 3.8) is 0 Å². The van der Waals surface area contributed by atoms with Crippen molar-refractivity contribution in [2.24, 2.45) is 11.8 Å². The zero-order valence-corrected chi connectivity index (χ0v) is 10.5. The molecule has 2 aliphatic carbocycles. The molecular formula is C15H26O. The number of carbonyl (C=O) groups excluding carboxylic acids is 1. The fourth-order valence-electron chi connectivity index (χ4n) is 3.09. The molecule has 1 heteroatoms. The molecule has 0 bridgehead atoms. The van der Waals surface area contributed by atoms with Crippen LogP contribution in [0.2, 0.25) is 0 Å². The second-order valence-corrected chi connectivity index (χ2v) is 5.79. The predicted molar refractivity (Wildman–Crippen MR) is 67.4 cm³/mol. The minimum Gasteiger partial charge on any atom is -0.299 e. The van der Waals surface area contributed by atoms with Gasteiger partial charge in [0, 0.05) is 12.3 Å². The Hall–Kier alpha value is -0.330. The third-order valence-electron chi connectivity index (χ3n) is 4.33. The lowest BCUT2D eigenvalue weighted by Crippen LogP contribution is -2.02. The summed E-state index contributed by atoms with van der Waals surface area (Å²) in [6.07, 6.45) is 15.6. The van der Waals surface area contributed by atoms with E-state index in [1.807, 2.05) is 0 Å². The molecule has 2 fully saturated rings. The van der Waals surface area contributed by atoms with Gasteiger partial charge in [0.2, 0.25) is 0 Å². The highest BCUT2D eigenvalue weighted by molar-refractivity contribution is 5.83. The molecule has 1 nitrogen and oxygen atoms in total. The van der Waals surface area contributed by atoms with Crippen LogP contribution in [-0.4, -0.2) is 5.78 Å². The second kappa shape index (κ2) is 6.42. The van der Waals surface area contributed by atoms with Crippen LogP contribution in [-0.2, 0) is 4.79 Å². The number of Topliss-reactive ketones (excluding diaryl/α,β-unsaturated/α-hetero) is 1. The predicted octanol–water partition coefficient (Wildman–Crippen LogP) is 4.50. The fraction of sp³-hybridized carbons (Fsp3) is 0.933. The Kier molecular flexibility index (Phi) is 4.87. The molecule has 0 unspecified atom stereocenters. The summed E-state index contributed by atoms with van der Waals surface area (Å²) in [7, 11) is 0. The maximum absolute atomic E-state index is 11.8. The molecule has 2 saturated carbocycles. The number of fused-ring (bicyclic) bond motifs is 1. The zero-order valence-electron chi connectivity index (χ0n) is 10.5. The first kappa shape index (κ1) is 12.1. The number of ketones is 1. The summed E-state index contributed by atoms with van der Waals surface area (Å²) >= 11 is 0. The normalized spacial score (nSPS) is 33.9. The zero-order chi connectivity index (χ0) is 11.2. The van der Waals surface area contributed by atoms with Gasteiger partial charge in [0.1, 0.15) is 5.78 Å². The largest absolute Gasteiger partial charge is 0.299 e. The summed E-state index contributed by atoms with van der Waals surface area (Å²) in [6, 6.07) is 0. The minimum atomic E-state index is 0.489. The Bertz CT molecular complexity index is 221. The third-order valence-corrected chi connectivity index (χ3v) is 4.33. The smallest absolute Gasteiger partial charge is 0.136 e. The number of rotatable bonds is 0. The van der Waals surface area contributed by atoms with Crippen LogP contribution in [0.3, 0.4) is 0 Å². The number of hydrogen-bond acceptors (Lipinski definition) is 1. The molecule has 0 saturated heterocycles. The first-order chi connectivity index (χ1) is 7.88. The van der Waals surface area contributed by atoms with E-state index in [4.69, 9.17) is 0 Å². The van der Waals surface area contributed by atoms with Crippen LogP contribution >= 0.6 is 0 Å². The van der Waals surface area contributed by atoms with Crippen molar-refractivity contribution in [1.82, 2.24) is 0 Å². The maximum atomic E-state index is 11.8. The van der Waals surface area contributed by atoms with Crippen LogP contribution in [0.25, 0.3) is 0 Å². The first-order valence-electron chi connectivity index (χ1n) is 7.40. The van der Waals surface area contributed by atoms with Gasteiger partial charge in [-0.3, -0.25) is 4.79 Å². The molecular weight excluding hydrogens is 196 g/mol. The number of hydrogen-bond donors (Lipinski definition) is 0. The average Bonchev–Trinajstić information content (AvgIpc) is 3.04. The lowest BCUT2D eigenvalue weighted by Gasteiger charge is -2.05. The van der Waals surface area contributed by atoms with Gasteiger partial charge in [-0.2, -0.15) is 0 Å². The standard InChI is InChI=1S/C15H26O/c16-15-11-9-7-5-3-1-2-4-6-8-10-13-12-14(13)15/h13-14H,1-12H2/t13-,14+/m0/s1. The van der Waals surface area contributed by atoms with Gasteiger partial charge in [0.15, 0.2) is 0 Å². The van der Waals surface area contributed by atoms with E-state index in [-0.39, 0.29) is 0 Å². The van der Waals surface area contributed by atoms with E-state index in [0.717, 1.165) is 18.8 Å². The van der Waals surface area contributed by atoms with Gasteiger partial charge in [0.05, 0.1) is 0 Å². The maximum Gasteiger partial charge on any atom is 0.136 e. The van der Waals surface area contributed by atoms with Crippen molar-refractivity contribution in [3.05, 3.63) is 0 Å².